The van der Waals surface area contributed by atoms with Crippen LogP contribution in [0.4, 0.5) is 5.69 Å². The van der Waals surface area contributed by atoms with E-state index in [9.17, 15) is 4.79 Å². The molecule has 0 radical (unpaired) electrons. The lowest BCUT2D eigenvalue weighted by molar-refractivity contribution is -0.119. The number of nitrogens with zero attached hydrogens (tertiary/aromatic N) is 1. The van der Waals surface area contributed by atoms with Crippen molar-refractivity contribution >= 4 is 11.6 Å². The second-order valence-corrected chi connectivity index (χ2v) is 5.63. The third kappa shape index (κ3) is 2.27. The van der Waals surface area contributed by atoms with Gasteiger partial charge in [-0.05, 0) is 36.5 Å². The van der Waals surface area contributed by atoms with Crippen LogP contribution in [-0.4, -0.2) is 12.5 Å². The maximum Gasteiger partial charge on any atom is 0.234 e. The van der Waals surface area contributed by atoms with Gasteiger partial charge in [0.25, 0.3) is 0 Å². The largest absolute Gasteiger partial charge is 0.324 e. The molecule has 0 aliphatic carbocycles. The Labute approximate surface area is 115 Å². The highest BCUT2D eigenvalue weighted by atomic mass is 16.2. The molecule has 0 fully saturated rings. The van der Waals surface area contributed by atoms with Crippen LogP contribution in [0.5, 0.6) is 0 Å². The SMILES string of the molecule is CCC1C(=O)N(CC)c2ccc(C(N)C(C)C)cc21. The van der Waals surface area contributed by atoms with Gasteiger partial charge in [-0.25, -0.2) is 0 Å². The quantitative estimate of drug-likeness (QED) is 0.903. The molecule has 0 saturated heterocycles. The molecule has 1 heterocycles. The molecule has 19 heavy (non-hydrogen) atoms. The van der Waals surface area contributed by atoms with Gasteiger partial charge in [0.1, 0.15) is 0 Å². The van der Waals surface area contributed by atoms with Crippen molar-refractivity contribution in [3.8, 4) is 0 Å². The van der Waals surface area contributed by atoms with Gasteiger partial charge in [-0.15, -0.1) is 0 Å². The van der Waals surface area contributed by atoms with Gasteiger partial charge in [-0.1, -0.05) is 32.9 Å². The Morgan fingerprint density at radius 1 is 1.32 bits per heavy atom. The monoisotopic (exact) mass is 260 g/mol. The number of hydrogen-bond donors (Lipinski definition) is 1. The molecule has 2 rings (SSSR count). The number of nitrogens with two attached hydrogens (primary N) is 1. The van der Waals surface area contributed by atoms with Crippen molar-refractivity contribution in [2.75, 3.05) is 11.4 Å². The molecular weight excluding hydrogens is 236 g/mol. The zero-order chi connectivity index (χ0) is 14.2. The lowest BCUT2D eigenvalue weighted by Crippen LogP contribution is -2.28. The van der Waals surface area contributed by atoms with Crippen molar-refractivity contribution in [1.82, 2.24) is 0 Å². The summed E-state index contributed by atoms with van der Waals surface area (Å²) < 4.78 is 0. The van der Waals surface area contributed by atoms with E-state index < -0.39 is 0 Å². The van der Waals surface area contributed by atoms with Crippen molar-refractivity contribution in [2.24, 2.45) is 11.7 Å². The average Bonchev–Trinajstić information content (AvgIpc) is 2.67. The van der Waals surface area contributed by atoms with Gasteiger partial charge in [0.2, 0.25) is 5.91 Å². The minimum atomic E-state index is 0.00858. The van der Waals surface area contributed by atoms with E-state index in [4.69, 9.17) is 5.73 Å². The zero-order valence-electron chi connectivity index (χ0n) is 12.3. The van der Waals surface area contributed by atoms with Crippen molar-refractivity contribution in [1.29, 1.82) is 0 Å². The van der Waals surface area contributed by atoms with Gasteiger partial charge in [0.15, 0.2) is 0 Å². The zero-order valence-corrected chi connectivity index (χ0v) is 12.3. The summed E-state index contributed by atoms with van der Waals surface area (Å²) in [6.45, 7) is 9.07. The molecule has 2 unspecified atom stereocenters. The number of carbonyl (C=O) groups is 1. The van der Waals surface area contributed by atoms with Crippen LogP contribution in [0.1, 0.15) is 57.2 Å². The first-order valence-electron chi connectivity index (χ1n) is 7.22. The van der Waals surface area contributed by atoms with Crippen molar-refractivity contribution in [3.05, 3.63) is 29.3 Å². The Hall–Kier alpha value is -1.35. The second-order valence-electron chi connectivity index (χ2n) is 5.63. The molecule has 2 N–H and O–H groups in total. The Morgan fingerprint density at radius 3 is 2.53 bits per heavy atom. The van der Waals surface area contributed by atoms with Gasteiger partial charge in [-0.2, -0.15) is 0 Å². The van der Waals surface area contributed by atoms with E-state index in [2.05, 4.69) is 39.0 Å². The highest BCUT2D eigenvalue weighted by Gasteiger charge is 2.35. The second kappa shape index (κ2) is 5.33. The fourth-order valence-corrected chi connectivity index (χ4v) is 2.85. The molecule has 2 atom stereocenters. The number of fused-ring (bicyclic) bond motifs is 1. The Kier molecular flexibility index (Phi) is 3.95. The van der Waals surface area contributed by atoms with E-state index in [-0.39, 0.29) is 17.9 Å². The van der Waals surface area contributed by atoms with Crippen LogP contribution in [0, 0.1) is 5.92 Å². The number of anilines is 1. The lowest BCUT2D eigenvalue weighted by Gasteiger charge is -2.18. The summed E-state index contributed by atoms with van der Waals surface area (Å²) in [6, 6.07) is 6.30. The minimum absolute atomic E-state index is 0.00858. The van der Waals surface area contributed by atoms with Crippen molar-refractivity contribution in [2.45, 2.75) is 46.1 Å². The highest BCUT2D eigenvalue weighted by molar-refractivity contribution is 6.04. The molecule has 0 spiro atoms. The molecular formula is C16H24N2O. The highest BCUT2D eigenvalue weighted by Crippen LogP contribution is 2.40. The Balaban J connectivity index is 2.45. The van der Waals surface area contributed by atoms with Crippen LogP contribution in [0.2, 0.25) is 0 Å². The van der Waals surface area contributed by atoms with Gasteiger partial charge in [-0.3, -0.25) is 4.79 Å². The normalized spacial score (nSPS) is 20.0. The molecule has 3 nitrogen and oxygen atoms in total. The van der Waals surface area contributed by atoms with Gasteiger partial charge in [0, 0.05) is 18.3 Å². The van der Waals surface area contributed by atoms with E-state index >= 15 is 0 Å². The molecule has 0 aromatic heterocycles. The smallest absolute Gasteiger partial charge is 0.234 e. The fourth-order valence-electron chi connectivity index (χ4n) is 2.85. The third-order valence-electron chi connectivity index (χ3n) is 4.11. The number of carbonyl (C=O) groups excluding carboxylic acids is 1. The molecule has 1 amide bonds. The van der Waals surface area contributed by atoms with Crippen molar-refractivity contribution < 1.29 is 4.79 Å². The first kappa shape index (κ1) is 14.1. The number of rotatable bonds is 4. The first-order chi connectivity index (χ1) is 9.01. The summed E-state index contributed by atoms with van der Waals surface area (Å²) in [6.07, 6.45) is 0.850. The standard InChI is InChI=1S/C16H24N2O/c1-5-12-13-9-11(15(17)10(3)4)7-8-14(13)18(6-2)16(12)19/h7-10,12,15H,5-6,17H2,1-4H3. The van der Waals surface area contributed by atoms with Gasteiger partial charge >= 0.3 is 0 Å². The number of hydrogen-bond acceptors (Lipinski definition) is 2. The molecule has 104 valence electrons. The maximum absolute atomic E-state index is 12.3. The summed E-state index contributed by atoms with van der Waals surface area (Å²) >= 11 is 0. The average molecular weight is 260 g/mol. The number of amides is 1. The fraction of sp³-hybridized carbons (Fsp3) is 0.562. The third-order valence-corrected chi connectivity index (χ3v) is 4.11. The molecule has 1 aliphatic heterocycles. The minimum Gasteiger partial charge on any atom is -0.324 e. The van der Waals surface area contributed by atoms with E-state index in [0.717, 1.165) is 29.8 Å². The molecule has 1 aromatic rings. The van der Waals surface area contributed by atoms with E-state index in [1.807, 2.05) is 11.8 Å². The summed E-state index contributed by atoms with van der Waals surface area (Å²) in [5.41, 5.74) is 9.58. The summed E-state index contributed by atoms with van der Waals surface area (Å²) in [7, 11) is 0. The van der Waals surface area contributed by atoms with Gasteiger partial charge in [0.05, 0.1) is 5.92 Å². The van der Waals surface area contributed by atoms with Crippen LogP contribution in [0.25, 0.3) is 0 Å². The van der Waals surface area contributed by atoms with Crippen LogP contribution < -0.4 is 10.6 Å². The molecule has 0 saturated carbocycles. The van der Waals surface area contributed by atoms with Gasteiger partial charge < -0.3 is 10.6 Å². The molecule has 0 bridgehead atoms. The van der Waals surface area contributed by atoms with Crippen molar-refractivity contribution in [3.63, 3.8) is 0 Å². The predicted molar refractivity (Wildman–Crippen MR) is 79.3 cm³/mol. The Bertz CT molecular complexity index is 482. The topological polar surface area (TPSA) is 46.3 Å². The van der Waals surface area contributed by atoms with E-state index in [1.54, 1.807) is 0 Å². The van der Waals surface area contributed by atoms with Crippen LogP contribution in [0.15, 0.2) is 18.2 Å². The molecule has 1 aliphatic rings. The van der Waals surface area contributed by atoms with Crippen LogP contribution in [-0.2, 0) is 4.79 Å². The van der Waals surface area contributed by atoms with E-state index in [0.29, 0.717) is 5.92 Å². The lowest BCUT2D eigenvalue weighted by atomic mass is 9.91. The van der Waals surface area contributed by atoms with Crippen LogP contribution in [0.3, 0.4) is 0 Å². The summed E-state index contributed by atoms with van der Waals surface area (Å²) in [5.74, 6) is 0.641. The Morgan fingerprint density at radius 2 is 2.00 bits per heavy atom. The van der Waals surface area contributed by atoms with Crippen LogP contribution >= 0.6 is 0 Å². The number of likely N-dealkylation sites (N-methyl/N-ethyl adjacent to an activating group) is 1. The molecule has 3 heteroatoms. The summed E-state index contributed by atoms with van der Waals surface area (Å²) in [5, 5.41) is 0. The van der Waals surface area contributed by atoms with E-state index in [1.165, 1.54) is 0 Å². The predicted octanol–water partition coefficient (Wildman–Crippen LogP) is 3.20. The molecule has 1 aromatic carbocycles. The maximum atomic E-state index is 12.3. The first-order valence-corrected chi connectivity index (χ1v) is 7.22. The number of benzene rings is 1. The summed E-state index contributed by atoms with van der Waals surface area (Å²) in [4.78, 5) is 14.2.